The van der Waals surface area contributed by atoms with E-state index in [1.807, 2.05) is 13.1 Å². The molecule has 2 N–H and O–H groups in total. The minimum absolute atomic E-state index is 0.184. The Morgan fingerprint density at radius 2 is 2.16 bits per heavy atom. The third-order valence-corrected chi connectivity index (χ3v) is 3.63. The van der Waals surface area contributed by atoms with Gasteiger partial charge in [-0.3, -0.25) is 4.79 Å². The zero-order valence-corrected chi connectivity index (χ0v) is 12.3. The van der Waals surface area contributed by atoms with E-state index in [4.69, 9.17) is 10.2 Å². The van der Waals surface area contributed by atoms with Crippen molar-refractivity contribution in [1.29, 1.82) is 0 Å². The monoisotopic (exact) mass is 266 g/mol. The summed E-state index contributed by atoms with van der Waals surface area (Å²) in [5, 5.41) is 0. The number of hydrogen-bond acceptors (Lipinski definition) is 3. The van der Waals surface area contributed by atoms with Crippen molar-refractivity contribution >= 4 is 5.91 Å². The second-order valence-electron chi connectivity index (χ2n) is 5.50. The lowest BCUT2D eigenvalue weighted by Crippen LogP contribution is -2.27. The van der Waals surface area contributed by atoms with Crippen LogP contribution in [0.15, 0.2) is 23.0 Å². The topological polar surface area (TPSA) is 59.5 Å². The number of hydrogen-bond donors (Lipinski definition) is 1. The molecular formula is C15H26N2O2. The van der Waals surface area contributed by atoms with Gasteiger partial charge in [0, 0.05) is 25.6 Å². The molecule has 1 atom stereocenters. The number of amides is 1. The highest BCUT2D eigenvalue weighted by Gasteiger charge is 2.16. The molecule has 0 saturated carbocycles. The van der Waals surface area contributed by atoms with Crippen LogP contribution in [0.5, 0.6) is 0 Å². The maximum absolute atomic E-state index is 12.1. The smallest absolute Gasteiger partial charge is 0.222 e. The van der Waals surface area contributed by atoms with Crippen LogP contribution < -0.4 is 5.73 Å². The van der Waals surface area contributed by atoms with E-state index in [-0.39, 0.29) is 5.91 Å². The molecule has 0 bridgehead atoms. The first-order valence-corrected chi connectivity index (χ1v) is 6.99. The van der Waals surface area contributed by atoms with Crippen molar-refractivity contribution in [2.75, 3.05) is 13.6 Å². The van der Waals surface area contributed by atoms with E-state index in [2.05, 4.69) is 13.8 Å². The molecule has 0 aliphatic rings. The van der Waals surface area contributed by atoms with Crippen molar-refractivity contribution in [3.05, 3.63) is 24.2 Å². The number of rotatable bonds is 8. The molecule has 0 aliphatic heterocycles. The highest BCUT2D eigenvalue weighted by atomic mass is 16.3. The second-order valence-corrected chi connectivity index (χ2v) is 5.50. The van der Waals surface area contributed by atoms with Gasteiger partial charge in [0.25, 0.3) is 0 Å². The van der Waals surface area contributed by atoms with E-state index in [0.29, 0.717) is 31.3 Å². The molecule has 0 spiro atoms. The molecule has 1 aromatic rings. The molecule has 19 heavy (non-hydrogen) atoms. The van der Waals surface area contributed by atoms with Gasteiger partial charge < -0.3 is 15.1 Å². The molecule has 1 rings (SSSR count). The molecule has 0 radical (unpaired) electrons. The van der Waals surface area contributed by atoms with Crippen LogP contribution in [0.3, 0.4) is 0 Å². The second kappa shape index (κ2) is 8.00. The fourth-order valence-electron chi connectivity index (χ4n) is 2.27. The number of furan rings is 1. The Labute approximate surface area is 116 Å². The normalized spacial score (nSPS) is 12.7. The van der Waals surface area contributed by atoms with Crippen molar-refractivity contribution in [2.24, 2.45) is 17.6 Å². The molecule has 4 nitrogen and oxygen atoms in total. The van der Waals surface area contributed by atoms with Crippen LogP contribution in [-0.4, -0.2) is 24.4 Å². The summed E-state index contributed by atoms with van der Waals surface area (Å²) < 4.78 is 5.00. The van der Waals surface area contributed by atoms with Gasteiger partial charge in [-0.15, -0.1) is 0 Å². The van der Waals surface area contributed by atoms with Crippen molar-refractivity contribution < 1.29 is 9.21 Å². The summed E-state index contributed by atoms with van der Waals surface area (Å²) >= 11 is 0. The first kappa shape index (κ1) is 15.8. The number of carbonyl (C=O) groups excluding carboxylic acids is 1. The van der Waals surface area contributed by atoms with Crippen LogP contribution in [-0.2, 0) is 11.3 Å². The van der Waals surface area contributed by atoms with Gasteiger partial charge in [-0.2, -0.15) is 0 Å². The van der Waals surface area contributed by atoms with Crippen LogP contribution in [0.2, 0.25) is 0 Å². The standard InChI is InChI=1S/C15H26N2O2/c1-12(2)14(6-8-16)4-5-15(18)17(3)10-13-7-9-19-11-13/h7,9,11-12,14H,4-6,8,10,16H2,1-3H3. The van der Waals surface area contributed by atoms with Crippen molar-refractivity contribution in [3.63, 3.8) is 0 Å². The van der Waals surface area contributed by atoms with Crippen molar-refractivity contribution in [3.8, 4) is 0 Å². The molecule has 108 valence electrons. The fourth-order valence-corrected chi connectivity index (χ4v) is 2.27. The van der Waals surface area contributed by atoms with Gasteiger partial charge in [0.15, 0.2) is 0 Å². The van der Waals surface area contributed by atoms with Crippen molar-refractivity contribution in [1.82, 2.24) is 4.90 Å². The predicted molar refractivity (Wildman–Crippen MR) is 76.4 cm³/mol. The minimum Gasteiger partial charge on any atom is -0.472 e. The first-order valence-electron chi connectivity index (χ1n) is 6.99. The maximum atomic E-state index is 12.1. The SMILES string of the molecule is CC(C)C(CCN)CCC(=O)N(C)Cc1ccoc1. The lowest BCUT2D eigenvalue weighted by Gasteiger charge is -2.22. The molecule has 0 aromatic carbocycles. The molecule has 1 heterocycles. The lowest BCUT2D eigenvalue weighted by atomic mass is 9.88. The van der Waals surface area contributed by atoms with E-state index in [9.17, 15) is 4.79 Å². The Morgan fingerprint density at radius 3 is 2.68 bits per heavy atom. The molecule has 0 fully saturated rings. The lowest BCUT2D eigenvalue weighted by molar-refractivity contribution is -0.130. The Balaban J connectivity index is 2.36. The van der Waals surface area contributed by atoms with Crippen LogP contribution in [0.25, 0.3) is 0 Å². The predicted octanol–water partition coefficient (Wildman–Crippen LogP) is 2.64. The highest BCUT2D eigenvalue weighted by molar-refractivity contribution is 5.75. The van der Waals surface area contributed by atoms with E-state index >= 15 is 0 Å². The summed E-state index contributed by atoms with van der Waals surface area (Å²) in [7, 11) is 1.84. The summed E-state index contributed by atoms with van der Waals surface area (Å²) in [6, 6.07) is 1.88. The summed E-state index contributed by atoms with van der Waals surface area (Å²) in [5.41, 5.74) is 6.64. The quantitative estimate of drug-likeness (QED) is 0.787. The van der Waals surface area contributed by atoms with E-state index in [0.717, 1.165) is 18.4 Å². The Morgan fingerprint density at radius 1 is 1.42 bits per heavy atom. The molecule has 1 aromatic heterocycles. The first-order chi connectivity index (χ1) is 9.04. The summed E-state index contributed by atoms with van der Waals surface area (Å²) in [6.45, 7) is 5.69. The maximum Gasteiger partial charge on any atom is 0.222 e. The van der Waals surface area contributed by atoms with Crippen molar-refractivity contribution in [2.45, 2.75) is 39.7 Å². The third kappa shape index (κ3) is 5.47. The fraction of sp³-hybridized carbons (Fsp3) is 0.667. The number of nitrogens with zero attached hydrogens (tertiary/aromatic N) is 1. The zero-order valence-electron chi connectivity index (χ0n) is 12.3. The molecule has 1 unspecified atom stereocenters. The van der Waals surface area contributed by atoms with Gasteiger partial charge in [0.1, 0.15) is 0 Å². The van der Waals surface area contributed by atoms with E-state index in [1.165, 1.54) is 0 Å². The average molecular weight is 266 g/mol. The molecule has 0 aliphatic carbocycles. The van der Waals surface area contributed by atoms with Gasteiger partial charge in [0.2, 0.25) is 5.91 Å². The molecular weight excluding hydrogens is 240 g/mol. The molecule has 1 amide bonds. The third-order valence-electron chi connectivity index (χ3n) is 3.63. The van der Waals surface area contributed by atoms with Crippen LogP contribution in [0.1, 0.15) is 38.7 Å². The van der Waals surface area contributed by atoms with Gasteiger partial charge in [0.05, 0.1) is 12.5 Å². The van der Waals surface area contributed by atoms with Crippen LogP contribution >= 0.6 is 0 Å². The largest absolute Gasteiger partial charge is 0.472 e. The van der Waals surface area contributed by atoms with Crippen LogP contribution in [0.4, 0.5) is 0 Å². The molecule has 0 saturated heterocycles. The number of nitrogens with two attached hydrogens (primary N) is 1. The minimum atomic E-state index is 0.184. The summed E-state index contributed by atoms with van der Waals surface area (Å²) in [4.78, 5) is 13.8. The average Bonchev–Trinajstić information content (AvgIpc) is 2.86. The van der Waals surface area contributed by atoms with Gasteiger partial charge in [-0.1, -0.05) is 13.8 Å². The Bertz CT molecular complexity index is 360. The Kier molecular flexibility index (Phi) is 6.64. The van der Waals surface area contributed by atoms with Crippen LogP contribution in [0, 0.1) is 11.8 Å². The van der Waals surface area contributed by atoms with E-state index < -0.39 is 0 Å². The highest BCUT2D eigenvalue weighted by Crippen LogP contribution is 2.21. The zero-order chi connectivity index (χ0) is 14.3. The molecule has 4 heteroatoms. The van der Waals surface area contributed by atoms with E-state index in [1.54, 1.807) is 17.4 Å². The Hall–Kier alpha value is -1.29. The summed E-state index contributed by atoms with van der Waals surface area (Å²) in [5.74, 6) is 1.30. The summed E-state index contributed by atoms with van der Waals surface area (Å²) in [6.07, 6.45) is 5.82. The van der Waals surface area contributed by atoms with Gasteiger partial charge >= 0.3 is 0 Å². The number of carbonyl (C=O) groups is 1. The van der Waals surface area contributed by atoms with Gasteiger partial charge in [-0.25, -0.2) is 0 Å². The van der Waals surface area contributed by atoms with Gasteiger partial charge in [-0.05, 0) is 37.3 Å².